The number of allylic oxidation sites excluding steroid dienone is 1. The van der Waals surface area contributed by atoms with Gasteiger partial charge in [-0.15, -0.1) is 23.1 Å². The van der Waals surface area contributed by atoms with Gasteiger partial charge in [-0.05, 0) is 11.6 Å². The van der Waals surface area contributed by atoms with Crippen molar-refractivity contribution in [3.8, 4) is 0 Å². The first kappa shape index (κ1) is 24.9. The third kappa shape index (κ3) is 5.43. The average molecular weight is 510 g/mol. The fraction of sp³-hybridized carbons (Fsp3) is 0.316. The normalized spacial score (nSPS) is 20.0. The first-order valence-electron chi connectivity index (χ1n) is 9.59. The minimum atomic E-state index is -1.31. The summed E-state index contributed by atoms with van der Waals surface area (Å²) < 4.78 is 4.78. The van der Waals surface area contributed by atoms with Crippen molar-refractivity contribution in [2.24, 2.45) is 5.16 Å². The molecule has 1 aromatic rings. The van der Waals surface area contributed by atoms with Gasteiger partial charge in [-0.25, -0.2) is 14.6 Å². The zero-order valence-corrected chi connectivity index (χ0v) is 19.5. The first-order valence-corrected chi connectivity index (χ1v) is 11.5. The summed E-state index contributed by atoms with van der Waals surface area (Å²) in [6.45, 7) is 2.30. The number of nitrogens with one attached hydrogen (secondary N) is 1. The Kier molecular flexibility index (Phi) is 7.68. The molecule has 15 heteroatoms. The van der Waals surface area contributed by atoms with Crippen LogP contribution in [-0.4, -0.2) is 74.2 Å². The highest BCUT2D eigenvalue weighted by Gasteiger charge is 2.54. The lowest BCUT2D eigenvalue weighted by Crippen LogP contribution is -2.71. The summed E-state index contributed by atoms with van der Waals surface area (Å²) in [5, 5.41) is 16.6. The molecule has 0 aliphatic carbocycles. The van der Waals surface area contributed by atoms with Crippen LogP contribution in [0.5, 0.6) is 0 Å². The Morgan fingerprint density at radius 1 is 1.35 bits per heavy atom. The number of rotatable bonds is 8. The number of nitrogen functional groups attached to an aromatic ring is 1. The number of thiazole rings is 1. The van der Waals surface area contributed by atoms with Crippen LogP contribution in [0.1, 0.15) is 19.5 Å². The van der Waals surface area contributed by atoms with Crippen molar-refractivity contribution in [2.75, 3.05) is 18.1 Å². The van der Waals surface area contributed by atoms with E-state index in [1.165, 1.54) is 36.2 Å². The molecule has 2 amide bonds. The molecule has 1 saturated heterocycles. The summed E-state index contributed by atoms with van der Waals surface area (Å²) in [6, 6.07) is -1.04. The van der Waals surface area contributed by atoms with Crippen LogP contribution in [0.15, 0.2) is 34.0 Å². The molecule has 1 fully saturated rings. The van der Waals surface area contributed by atoms with Crippen molar-refractivity contribution in [1.82, 2.24) is 15.2 Å². The van der Waals surface area contributed by atoms with Crippen molar-refractivity contribution >= 4 is 63.7 Å². The molecule has 0 saturated carbocycles. The number of aromatic nitrogens is 1. The van der Waals surface area contributed by atoms with E-state index in [9.17, 15) is 29.1 Å². The summed E-state index contributed by atoms with van der Waals surface area (Å²) in [4.78, 5) is 69.1. The number of hydrogen-bond donors (Lipinski definition) is 3. The van der Waals surface area contributed by atoms with Gasteiger partial charge in [0.2, 0.25) is 0 Å². The lowest BCUT2D eigenvalue weighted by atomic mass is 10.0. The maximum atomic E-state index is 12.8. The summed E-state index contributed by atoms with van der Waals surface area (Å²) in [7, 11) is 0. The zero-order valence-electron chi connectivity index (χ0n) is 17.8. The number of ether oxygens (including phenoxy) is 1. The lowest BCUT2D eigenvalue weighted by Gasteiger charge is -2.49. The van der Waals surface area contributed by atoms with Gasteiger partial charge in [0.05, 0.1) is 0 Å². The standard InChI is InChI=1S/C19H19N5O8S2/c1-8(25)31-5-3-4-10-6-33-17-13(16(28)24(17)14(10)18(29)30)22-15(27)12(23-32-9(2)26)11-7-34-19(20)21-11/h3-4,7,13,17H,5-6H2,1-2H3,(H2,20,21)(H,22,27)(H,29,30)/t13-,17+/m1/s1. The van der Waals surface area contributed by atoms with Gasteiger partial charge in [0.1, 0.15) is 29.4 Å². The number of oxime groups is 1. The summed E-state index contributed by atoms with van der Waals surface area (Å²) >= 11 is 2.28. The van der Waals surface area contributed by atoms with Crippen LogP contribution in [0.25, 0.3) is 0 Å². The molecule has 180 valence electrons. The van der Waals surface area contributed by atoms with Gasteiger partial charge in [-0.3, -0.25) is 19.3 Å². The number of nitrogens with two attached hydrogens (primary N) is 1. The van der Waals surface area contributed by atoms with E-state index >= 15 is 0 Å². The highest BCUT2D eigenvalue weighted by molar-refractivity contribution is 8.00. The van der Waals surface area contributed by atoms with Gasteiger partial charge < -0.3 is 25.7 Å². The predicted octanol–water partition coefficient (Wildman–Crippen LogP) is -0.150. The van der Waals surface area contributed by atoms with Crippen LogP contribution in [-0.2, 0) is 33.5 Å². The SMILES string of the molecule is CC(=O)OCC=CC1=C(C(=O)O)N2C(=O)[C@@H](NC(=O)C(=NOC(C)=O)c3csc(N)n3)[C@@H]2SC1. The van der Waals surface area contributed by atoms with Crippen molar-refractivity contribution in [1.29, 1.82) is 0 Å². The fourth-order valence-electron chi connectivity index (χ4n) is 3.05. The van der Waals surface area contributed by atoms with Gasteiger partial charge in [0.15, 0.2) is 10.8 Å². The van der Waals surface area contributed by atoms with E-state index < -0.39 is 41.1 Å². The zero-order chi connectivity index (χ0) is 25.0. The minimum absolute atomic E-state index is 0.0436. The van der Waals surface area contributed by atoms with E-state index in [0.29, 0.717) is 5.57 Å². The molecule has 3 heterocycles. The Hall–Kier alpha value is -3.72. The third-order valence-electron chi connectivity index (χ3n) is 4.43. The number of β-lactam (4-membered cyclic amide) rings is 1. The highest BCUT2D eigenvalue weighted by atomic mass is 32.2. The van der Waals surface area contributed by atoms with Crippen LogP contribution in [0, 0.1) is 0 Å². The smallest absolute Gasteiger partial charge is 0.352 e. The minimum Gasteiger partial charge on any atom is -0.477 e. The number of esters is 1. The Labute approximate surface area is 200 Å². The number of amides is 2. The van der Waals surface area contributed by atoms with Crippen LogP contribution in [0.4, 0.5) is 5.13 Å². The number of anilines is 1. The Bertz CT molecular complexity index is 1140. The number of thioether (sulfide) groups is 1. The lowest BCUT2D eigenvalue weighted by molar-refractivity contribution is -0.150. The molecule has 0 aromatic carbocycles. The Morgan fingerprint density at radius 3 is 2.68 bits per heavy atom. The summed E-state index contributed by atoms with van der Waals surface area (Å²) in [5.74, 6) is -3.82. The summed E-state index contributed by atoms with van der Waals surface area (Å²) in [6.07, 6.45) is 2.95. The first-order chi connectivity index (χ1) is 16.1. The molecule has 2 aliphatic rings. The van der Waals surface area contributed by atoms with Crippen LogP contribution < -0.4 is 11.1 Å². The molecule has 1 aromatic heterocycles. The molecule has 34 heavy (non-hydrogen) atoms. The second-order valence-electron chi connectivity index (χ2n) is 6.84. The molecule has 13 nitrogen and oxygen atoms in total. The molecule has 0 radical (unpaired) electrons. The molecule has 0 spiro atoms. The fourth-order valence-corrected chi connectivity index (χ4v) is 4.91. The van der Waals surface area contributed by atoms with E-state index in [2.05, 4.69) is 20.3 Å². The molecule has 0 unspecified atom stereocenters. The molecule has 2 atom stereocenters. The molecular weight excluding hydrogens is 490 g/mol. The maximum Gasteiger partial charge on any atom is 0.352 e. The number of nitrogens with zero attached hydrogens (tertiary/aromatic N) is 3. The second kappa shape index (κ2) is 10.5. The van der Waals surface area contributed by atoms with Crippen LogP contribution >= 0.6 is 23.1 Å². The van der Waals surface area contributed by atoms with Gasteiger partial charge in [0, 0.05) is 25.0 Å². The molecule has 0 bridgehead atoms. The van der Waals surface area contributed by atoms with Crippen molar-refractivity contribution < 1.29 is 38.7 Å². The number of carboxylic acid groups (broad SMARTS) is 1. The second-order valence-corrected chi connectivity index (χ2v) is 8.83. The maximum absolute atomic E-state index is 12.8. The predicted molar refractivity (Wildman–Crippen MR) is 120 cm³/mol. The molecule has 3 rings (SSSR count). The van der Waals surface area contributed by atoms with Gasteiger partial charge in [-0.1, -0.05) is 11.2 Å². The monoisotopic (exact) mass is 509 g/mol. The van der Waals surface area contributed by atoms with E-state index in [0.717, 1.165) is 23.2 Å². The quantitative estimate of drug-likeness (QED) is 0.139. The van der Waals surface area contributed by atoms with Gasteiger partial charge in [0.25, 0.3) is 11.8 Å². The summed E-state index contributed by atoms with van der Waals surface area (Å²) in [5.41, 5.74) is 5.41. The van der Waals surface area contributed by atoms with E-state index in [-0.39, 0.29) is 34.6 Å². The average Bonchev–Trinajstić information content (AvgIpc) is 3.19. The van der Waals surface area contributed by atoms with Crippen molar-refractivity contribution in [2.45, 2.75) is 25.3 Å². The van der Waals surface area contributed by atoms with Gasteiger partial charge >= 0.3 is 17.9 Å². The van der Waals surface area contributed by atoms with E-state index in [1.54, 1.807) is 0 Å². The Morgan fingerprint density at radius 2 is 2.09 bits per heavy atom. The largest absolute Gasteiger partial charge is 0.477 e. The van der Waals surface area contributed by atoms with Crippen LogP contribution in [0.2, 0.25) is 0 Å². The van der Waals surface area contributed by atoms with Crippen molar-refractivity contribution in [3.05, 3.63) is 34.5 Å². The van der Waals surface area contributed by atoms with Crippen molar-refractivity contribution in [3.63, 3.8) is 0 Å². The highest BCUT2D eigenvalue weighted by Crippen LogP contribution is 2.40. The molecular formula is C19H19N5O8S2. The number of fused-ring (bicyclic) bond motifs is 1. The molecule has 4 N–H and O–H groups in total. The van der Waals surface area contributed by atoms with E-state index in [1.807, 2.05) is 0 Å². The van der Waals surface area contributed by atoms with Crippen LogP contribution in [0.3, 0.4) is 0 Å². The molecule has 2 aliphatic heterocycles. The Balaban J connectivity index is 1.77. The number of carbonyl (C=O) groups is 5. The topological polar surface area (TPSA) is 191 Å². The number of aliphatic carboxylic acids is 1. The van der Waals surface area contributed by atoms with E-state index in [4.69, 9.17) is 10.5 Å². The number of hydrogen-bond acceptors (Lipinski definition) is 12. The van der Waals surface area contributed by atoms with Gasteiger partial charge in [-0.2, -0.15) is 0 Å². The third-order valence-corrected chi connectivity index (χ3v) is 6.41. The number of carboxylic acids is 1. The number of carbonyl (C=O) groups excluding carboxylic acids is 4.